The van der Waals surface area contributed by atoms with Crippen LogP contribution in [0.5, 0.6) is 0 Å². The fourth-order valence-corrected chi connectivity index (χ4v) is 2.13. The van der Waals surface area contributed by atoms with Gasteiger partial charge in [-0.15, -0.1) is 0 Å². The summed E-state index contributed by atoms with van der Waals surface area (Å²) >= 11 is 0. The summed E-state index contributed by atoms with van der Waals surface area (Å²) in [6.07, 6.45) is 1.45. The van der Waals surface area contributed by atoms with E-state index in [0.717, 1.165) is 11.0 Å². The number of imidazole rings is 1. The molecular weight excluding hydrogens is 270 g/mol. The van der Waals surface area contributed by atoms with Crippen molar-refractivity contribution in [1.82, 2.24) is 9.13 Å². The van der Waals surface area contributed by atoms with Crippen LogP contribution in [0.4, 0.5) is 0 Å². The highest BCUT2D eigenvalue weighted by molar-refractivity contribution is 5.98. The maximum Gasteiger partial charge on any atom is 0.348 e. The predicted octanol–water partition coefficient (Wildman–Crippen LogP) is 1.35. The van der Waals surface area contributed by atoms with Crippen molar-refractivity contribution in [1.29, 1.82) is 5.26 Å². The molecule has 0 bridgehead atoms. The van der Waals surface area contributed by atoms with E-state index in [4.69, 9.17) is 10.00 Å². The summed E-state index contributed by atoms with van der Waals surface area (Å²) < 4.78 is 7.87. The minimum Gasteiger partial charge on any atom is -0.462 e. The molecular formula is C15H15N3O3. The first kappa shape index (κ1) is 14.6. The Hall–Kier alpha value is -2.81. The van der Waals surface area contributed by atoms with Crippen molar-refractivity contribution >= 4 is 23.1 Å². The highest BCUT2D eigenvalue weighted by Crippen LogP contribution is 2.16. The number of nitrogens with zero attached hydrogens (tertiary/aromatic N) is 3. The average molecular weight is 285 g/mol. The number of nitriles is 1. The van der Waals surface area contributed by atoms with Gasteiger partial charge in [0, 0.05) is 14.1 Å². The topological polar surface area (TPSA) is 77.0 Å². The number of carbonyl (C=O) groups is 1. The molecule has 0 aliphatic rings. The third-order valence-corrected chi connectivity index (χ3v) is 3.22. The summed E-state index contributed by atoms with van der Waals surface area (Å²) in [6.45, 7) is 1.89. The average Bonchev–Trinajstić information content (AvgIpc) is 2.69. The number of aryl methyl sites for hydroxylation is 2. The van der Waals surface area contributed by atoms with E-state index >= 15 is 0 Å². The Morgan fingerprint density at radius 1 is 1.33 bits per heavy atom. The normalized spacial score (nSPS) is 11.4. The SMILES string of the molecule is CCOC(=O)/C(C#N)=C\c1ccc2c(c1)n(C)c(=O)n2C. The molecule has 0 amide bonds. The van der Waals surface area contributed by atoms with Crippen molar-refractivity contribution in [2.24, 2.45) is 14.1 Å². The van der Waals surface area contributed by atoms with E-state index in [1.54, 1.807) is 43.8 Å². The number of benzene rings is 1. The zero-order valence-electron chi connectivity index (χ0n) is 12.1. The van der Waals surface area contributed by atoms with E-state index in [9.17, 15) is 9.59 Å². The summed E-state index contributed by atoms with van der Waals surface area (Å²) in [5, 5.41) is 9.02. The second-order valence-electron chi connectivity index (χ2n) is 4.54. The molecule has 0 radical (unpaired) electrons. The van der Waals surface area contributed by atoms with Gasteiger partial charge in [-0.05, 0) is 30.7 Å². The van der Waals surface area contributed by atoms with Gasteiger partial charge >= 0.3 is 11.7 Å². The van der Waals surface area contributed by atoms with Crippen LogP contribution in [0.25, 0.3) is 17.1 Å². The molecule has 1 aromatic heterocycles. The van der Waals surface area contributed by atoms with Crippen molar-refractivity contribution in [3.63, 3.8) is 0 Å². The minimum absolute atomic E-state index is 0.0721. The molecule has 0 aliphatic carbocycles. The molecule has 0 unspecified atom stereocenters. The van der Waals surface area contributed by atoms with E-state index < -0.39 is 5.97 Å². The van der Waals surface area contributed by atoms with Crippen LogP contribution < -0.4 is 5.69 Å². The van der Waals surface area contributed by atoms with Crippen LogP contribution in [-0.2, 0) is 23.6 Å². The van der Waals surface area contributed by atoms with Crippen LogP contribution in [-0.4, -0.2) is 21.7 Å². The van der Waals surface area contributed by atoms with Gasteiger partial charge < -0.3 is 4.74 Å². The number of hydrogen-bond acceptors (Lipinski definition) is 4. The van der Waals surface area contributed by atoms with Crippen molar-refractivity contribution < 1.29 is 9.53 Å². The molecule has 2 rings (SSSR count). The van der Waals surface area contributed by atoms with Crippen molar-refractivity contribution in [2.75, 3.05) is 6.61 Å². The van der Waals surface area contributed by atoms with Gasteiger partial charge in [-0.25, -0.2) is 9.59 Å². The van der Waals surface area contributed by atoms with Gasteiger partial charge in [0.25, 0.3) is 0 Å². The summed E-state index contributed by atoms with van der Waals surface area (Å²) in [4.78, 5) is 23.5. The Labute approximate surface area is 121 Å². The van der Waals surface area contributed by atoms with E-state index in [1.165, 1.54) is 10.6 Å². The zero-order valence-corrected chi connectivity index (χ0v) is 12.1. The van der Waals surface area contributed by atoms with E-state index in [2.05, 4.69) is 0 Å². The molecule has 6 nitrogen and oxygen atoms in total. The first-order chi connectivity index (χ1) is 9.99. The van der Waals surface area contributed by atoms with Gasteiger partial charge in [0.2, 0.25) is 0 Å². The lowest BCUT2D eigenvalue weighted by molar-refractivity contribution is -0.137. The first-order valence-corrected chi connectivity index (χ1v) is 6.44. The summed E-state index contributed by atoms with van der Waals surface area (Å²) in [5.74, 6) is -0.651. The van der Waals surface area contributed by atoms with Gasteiger partial charge in [0.1, 0.15) is 11.6 Å². The third-order valence-electron chi connectivity index (χ3n) is 3.22. The Bertz CT molecular complexity index is 834. The molecule has 108 valence electrons. The lowest BCUT2D eigenvalue weighted by Crippen LogP contribution is -2.19. The molecule has 0 fully saturated rings. The summed E-state index contributed by atoms with van der Waals surface area (Å²) in [7, 11) is 3.37. The fourth-order valence-electron chi connectivity index (χ4n) is 2.13. The van der Waals surface area contributed by atoms with Gasteiger partial charge in [-0.1, -0.05) is 6.07 Å². The standard InChI is InChI=1S/C15H15N3O3/c1-4-21-14(19)11(9-16)7-10-5-6-12-13(8-10)18(3)15(20)17(12)2/h5-8H,4H2,1-3H3/b11-7-. The summed E-state index contributed by atoms with van der Waals surface area (Å²) in [6, 6.07) is 7.11. The molecule has 0 aliphatic heterocycles. The smallest absolute Gasteiger partial charge is 0.348 e. The molecule has 0 saturated carbocycles. The van der Waals surface area contributed by atoms with Crippen molar-refractivity contribution in [3.8, 4) is 6.07 Å². The minimum atomic E-state index is -0.651. The van der Waals surface area contributed by atoms with Gasteiger partial charge in [0.05, 0.1) is 17.6 Å². The molecule has 0 atom stereocenters. The molecule has 2 aromatic rings. The second kappa shape index (κ2) is 5.67. The Morgan fingerprint density at radius 3 is 2.62 bits per heavy atom. The highest BCUT2D eigenvalue weighted by atomic mass is 16.5. The van der Waals surface area contributed by atoms with Crippen molar-refractivity contribution in [3.05, 3.63) is 39.8 Å². The zero-order chi connectivity index (χ0) is 15.6. The number of ether oxygens (including phenoxy) is 1. The maximum absolute atomic E-state index is 11.9. The lowest BCUT2D eigenvalue weighted by atomic mass is 10.1. The van der Waals surface area contributed by atoms with Gasteiger partial charge in [0.15, 0.2) is 0 Å². The quantitative estimate of drug-likeness (QED) is 0.484. The maximum atomic E-state index is 11.9. The summed E-state index contributed by atoms with van der Waals surface area (Å²) in [5.41, 5.74) is 1.98. The first-order valence-electron chi connectivity index (χ1n) is 6.44. The molecule has 1 heterocycles. The van der Waals surface area contributed by atoms with Crippen molar-refractivity contribution in [2.45, 2.75) is 6.92 Å². The number of fused-ring (bicyclic) bond motifs is 1. The molecule has 6 heteroatoms. The third kappa shape index (κ3) is 2.58. The second-order valence-corrected chi connectivity index (χ2v) is 4.54. The van der Waals surface area contributed by atoms with E-state index in [0.29, 0.717) is 5.56 Å². The van der Waals surface area contributed by atoms with Crippen LogP contribution >= 0.6 is 0 Å². The molecule has 1 aromatic carbocycles. The van der Waals surface area contributed by atoms with Crippen LogP contribution in [0, 0.1) is 11.3 Å². The number of carbonyl (C=O) groups excluding carboxylic acids is 1. The fraction of sp³-hybridized carbons (Fsp3) is 0.267. The van der Waals surface area contributed by atoms with Gasteiger partial charge in [-0.3, -0.25) is 9.13 Å². The predicted molar refractivity (Wildman–Crippen MR) is 78.4 cm³/mol. The van der Waals surface area contributed by atoms with Crippen LogP contribution in [0.2, 0.25) is 0 Å². The Balaban J connectivity index is 2.53. The Morgan fingerprint density at radius 2 is 2.00 bits per heavy atom. The number of esters is 1. The molecule has 0 N–H and O–H groups in total. The van der Waals surface area contributed by atoms with Gasteiger partial charge in [-0.2, -0.15) is 5.26 Å². The number of hydrogen-bond donors (Lipinski definition) is 0. The van der Waals surface area contributed by atoms with E-state index in [-0.39, 0.29) is 17.9 Å². The number of aromatic nitrogens is 2. The monoisotopic (exact) mass is 285 g/mol. The van der Waals surface area contributed by atoms with E-state index in [1.807, 2.05) is 6.07 Å². The van der Waals surface area contributed by atoms with Crippen LogP contribution in [0.15, 0.2) is 28.6 Å². The molecule has 21 heavy (non-hydrogen) atoms. The largest absolute Gasteiger partial charge is 0.462 e. The molecule has 0 spiro atoms. The lowest BCUT2D eigenvalue weighted by Gasteiger charge is -2.01. The van der Waals surface area contributed by atoms with Crippen LogP contribution in [0.1, 0.15) is 12.5 Å². The highest BCUT2D eigenvalue weighted by Gasteiger charge is 2.11. The molecule has 0 saturated heterocycles. The Kier molecular flexibility index (Phi) is 3.94. The van der Waals surface area contributed by atoms with Crippen LogP contribution in [0.3, 0.4) is 0 Å². The number of rotatable bonds is 3.